The Hall–Kier alpha value is -1.83. The number of para-hydroxylation sites is 1. The molecule has 1 aromatic heterocycles. The highest BCUT2D eigenvalue weighted by Crippen LogP contribution is 2.24. The van der Waals surface area contributed by atoms with Crippen molar-refractivity contribution >= 4 is 17.0 Å². The first-order valence-electron chi connectivity index (χ1n) is 4.41. The van der Waals surface area contributed by atoms with E-state index in [9.17, 15) is 0 Å². The summed E-state index contributed by atoms with van der Waals surface area (Å²) in [7, 11) is 1.66. The average Bonchev–Trinajstić information content (AvgIpc) is 2.27. The molecular weight excluding hydrogens is 174 g/mol. The first-order chi connectivity index (χ1) is 6.85. The molecule has 0 spiro atoms. The Morgan fingerprint density at radius 1 is 1.36 bits per heavy atom. The highest BCUT2D eigenvalue weighted by Gasteiger charge is 2.02. The molecule has 0 unspecified atom stereocenters. The zero-order valence-electron chi connectivity index (χ0n) is 8.03. The van der Waals surface area contributed by atoms with Crippen molar-refractivity contribution in [2.75, 3.05) is 7.11 Å². The van der Waals surface area contributed by atoms with Gasteiger partial charge in [-0.2, -0.15) is 0 Å². The zero-order chi connectivity index (χ0) is 9.97. The molecule has 0 radical (unpaired) electrons. The van der Waals surface area contributed by atoms with Crippen molar-refractivity contribution in [3.63, 3.8) is 0 Å². The lowest BCUT2D eigenvalue weighted by Gasteiger charge is -2.05. The van der Waals surface area contributed by atoms with Gasteiger partial charge >= 0.3 is 0 Å². The van der Waals surface area contributed by atoms with Gasteiger partial charge in [0.1, 0.15) is 5.75 Å². The van der Waals surface area contributed by atoms with Crippen molar-refractivity contribution in [1.29, 1.82) is 0 Å². The van der Waals surface area contributed by atoms with Gasteiger partial charge in [-0.25, -0.2) is 4.98 Å². The van der Waals surface area contributed by atoms with Crippen LogP contribution in [0.1, 0.15) is 5.69 Å². The van der Waals surface area contributed by atoms with E-state index in [4.69, 9.17) is 4.74 Å². The Morgan fingerprint density at radius 3 is 2.86 bits per heavy atom. The van der Waals surface area contributed by atoms with Crippen LogP contribution < -0.4 is 4.74 Å². The van der Waals surface area contributed by atoms with E-state index >= 15 is 0 Å². The van der Waals surface area contributed by atoms with Gasteiger partial charge in [0.2, 0.25) is 0 Å². The summed E-state index contributed by atoms with van der Waals surface area (Å²) in [6.07, 6.45) is 1.72. The number of hydrogen-bond donors (Lipinski definition) is 0. The largest absolute Gasteiger partial charge is 0.496 e. The van der Waals surface area contributed by atoms with Crippen molar-refractivity contribution in [2.45, 2.75) is 0 Å². The molecule has 0 saturated heterocycles. The minimum Gasteiger partial charge on any atom is -0.496 e. The SMILES string of the molecule is C=Cc1cc(OC)c2ccccc2n1. The van der Waals surface area contributed by atoms with Gasteiger partial charge in [-0.1, -0.05) is 18.7 Å². The van der Waals surface area contributed by atoms with E-state index in [1.165, 1.54) is 0 Å². The number of rotatable bonds is 2. The van der Waals surface area contributed by atoms with Gasteiger partial charge in [-0.15, -0.1) is 0 Å². The Balaban J connectivity index is 2.79. The molecule has 1 heterocycles. The predicted molar refractivity (Wildman–Crippen MR) is 58.4 cm³/mol. The first kappa shape index (κ1) is 8.75. The molecule has 70 valence electrons. The standard InChI is InChI=1S/C12H11NO/c1-3-9-8-12(14-2)10-6-4-5-7-11(10)13-9/h3-8H,1H2,2H3. The van der Waals surface area contributed by atoms with Crippen LogP contribution >= 0.6 is 0 Å². The molecule has 2 heteroatoms. The van der Waals surface area contributed by atoms with Crippen LogP contribution in [-0.4, -0.2) is 12.1 Å². The van der Waals surface area contributed by atoms with E-state index < -0.39 is 0 Å². The highest BCUT2D eigenvalue weighted by atomic mass is 16.5. The fourth-order valence-corrected chi connectivity index (χ4v) is 1.44. The lowest BCUT2D eigenvalue weighted by atomic mass is 10.2. The lowest BCUT2D eigenvalue weighted by molar-refractivity contribution is 0.419. The van der Waals surface area contributed by atoms with Gasteiger partial charge in [0.15, 0.2) is 0 Å². The fourth-order valence-electron chi connectivity index (χ4n) is 1.44. The molecular formula is C12H11NO. The van der Waals surface area contributed by atoms with E-state index in [2.05, 4.69) is 11.6 Å². The van der Waals surface area contributed by atoms with Crippen LogP contribution in [-0.2, 0) is 0 Å². The van der Waals surface area contributed by atoms with Crippen molar-refractivity contribution < 1.29 is 4.74 Å². The summed E-state index contributed by atoms with van der Waals surface area (Å²) in [5, 5.41) is 1.03. The topological polar surface area (TPSA) is 22.1 Å². The van der Waals surface area contributed by atoms with Gasteiger partial charge in [0.05, 0.1) is 18.3 Å². The van der Waals surface area contributed by atoms with E-state index in [-0.39, 0.29) is 0 Å². The van der Waals surface area contributed by atoms with Crippen LogP contribution in [0.5, 0.6) is 5.75 Å². The van der Waals surface area contributed by atoms with E-state index in [0.717, 1.165) is 22.3 Å². The van der Waals surface area contributed by atoms with Crippen LogP contribution in [0, 0.1) is 0 Å². The summed E-state index contributed by atoms with van der Waals surface area (Å²) in [4.78, 5) is 4.40. The molecule has 0 saturated carbocycles. The maximum absolute atomic E-state index is 5.28. The van der Waals surface area contributed by atoms with E-state index in [0.29, 0.717) is 0 Å². The molecule has 1 aromatic carbocycles. The first-order valence-corrected chi connectivity index (χ1v) is 4.41. The van der Waals surface area contributed by atoms with Gasteiger partial charge in [-0.3, -0.25) is 0 Å². The van der Waals surface area contributed by atoms with Crippen LogP contribution in [0.15, 0.2) is 36.9 Å². The van der Waals surface area contributed by atoms with Crippen LogP contribution in [0.3, 0.4) is 0 Å². The average molecular weight is 185 g/mol. The number of methoxy groups -OCH3 is 1. The minimum atomic E-state index is 0.834. The third-order valence-corrected chi connectivity index (χ3v) is 2.13. The van der Waals surface area contributed by atoms with Gasteiger partial charge < -0.3 is 4.74 Å². The number of pyridine rings is 1. The normalized spacial score (nSPS) is 10.1. The maximum Gasteiger partial charge on any atom is 0.130 e. The molecule has 0 bridgehead atoms. The van der Waals surface area contributed by atoms with Crippen molar-refractivity contribution in [3.8, 4) is 5.75 Å². The smallest absolute Gasteiger partial charge is 0.130 e. The summed E-state index contributed by atoms with van der Waals surface area (Å²) in [6, 6.07) is 9.77. The van der Waals surface area contributed by atoms with Crippen LogP contribution in [0.2, 0.25) is 0 Å². The highest BCUT2D eigenvalue weighted by molar-refractivity contribution is 5.86. The molecule has 2 rings (SSSR count). The van der Waals surface area contributed by atoms with Crippen molar-refractivity contribution in [2.24, 2.45) is 0 Å². The molecule has 2 aromatic rings. The summed E-state index contributed by atoms with van der Waals surface area (Å²) in [5.41, 5.74) is 1.77. The minimum absolute atomic E-state index is 0.834. The van der Waals surface area contributed by atoms with E-state index in [1.54, 1.807) is 13.2 Å². The predicted octanol–water partition coefficient (Wildman–Crippen LogP) is 2.89. The Kier molecular flexibility index (Phi) is 2.19. The Morgan fingerprint density at radius 2 is 2.14 bits per heavy atom. The second-order valence-electron chi connectivity index (χ2n) is 2.97. The molecule has 0 aliphatic carbocycles. The molecule has 0 fully saturated rings. The van der Waals surface area contributed by atoms with Gasteiger partial charge in [0, 0.05) is 11.5 Å². The van der Waals surface area contributed by atoms with E-state index in [1.807, 2.05) is 30.3 Å². The number of hydrogen-bond acceptors (Lipinski definition) is 2. The van der Waals surface area contributed by atoms with Crippen molar-refractivity contribution in [1.82, 2.24) is 4.98 Å². The summed E-state index contributed by atoms with van der Waals surface area (Å²) in [6.45, 7) is 3.70. The quantitative estimate of drug-likeness (QED) is 0.717. The monoisotopic (exact) mass is 185 g/mol. The van der Waals surface area contributed by atoms with Crippen LogP contribution in [0.25, 0.3) is 17.0 Å². The fraction of sp³-hybridized carbons (Fsp3) is 0.0833. The number of aromatic nitrogens is 1. The number of fused-ring (bicyclic) bond motifs is 1. The Bertz CT molecular complexity index is 477. The summed E-state index contributed by atoms with van der Waals surface area (Å²) >= 11 is 0. The molecule has 0 atom stereocenters. The third kappa shape index (κ3) is 1.35. The molecule has 0 aliphatic heterocycles. The number of ether oxygens (including phenoxy) is 1. The summed E-state index contributed by atoms with van der Waals surface area (Å²) in [5.74, 6) is 0.838. The number of nitrogens with zero attached hydrogens (tertiary/aromatic N) is 1. The second kappa shape index (κ2) is 3.50. The third-order valence-electron chi connectivity index (χ3n) is 2.13. The molecule has 14 heavy (non-hydrogen) atoms. The Labute approximate surface area is 82.9 Å². The molecule has 0 aliphatic rings. The van der Waals surface area contributed by atoms with Gasteiger partial charge in [-0.05, 0) is 18.2 Å². The number of benzene rings is 1. The molecule has 0 amide bonds. The van der Waals surface area contributed by atoms with Gasteiger partial charge in [0.25, 0.3) is 0 Å². The second-order valence-corrected chi connectivity index (χ2v) is 2.97. The summed E-state index contributed by atoms with van der Waals surface area (Å²) < 4.78 is 5.28. The molecule has 2 nitrogen and oxygen atoms in total. The maximum atomic E-state index is 5.28. The lowest BCUT2D eigenvalue weighted by Crippen LogP contribution is -1.89. The molecule has 0 N–H and O–H groups in total. The van der Waals surface area contributed by atoms with Crippen molar-refractivity contribution in [3.05, 3.63) is 42.6 Å². The zero-order valence-corrected chi connectivity index (χ0v) is 8.03. The van der Waals surface area contributed by atoms with Crippen LogP contribution in [0.4, 0.5) is 0 Å².